The van der Waals surface area contributed by atoms with Crippen LogP contribution in [0.25, 0.3) is 5.82 Å². The smallest absolute Gasteiger partial charge is 0.253 e. The monoisotopic (exact) mass is 285 g/mol. The average Bonchev–Trinajstić information content (AvgIpc) is 3.23. The van der Waals surface area contributed by atoms with Crippen molar-refractivity contribution in [2.45, 2.75) is 25.3 Å². The number of rotatable bonds is 5. The molecule has 0 aromatic carbocycles. The van der Waals surface area contributed by atoms with E-state index in [1.807, 2.05) is 42.1 Å². The third-order valence-electron chi connectivity index (χ3n) is 4.08. The van der Waals surface area contributed by atoms with E-state index >= 15 is 0 Å². The van der Waals surface area contributed by atoms with Crippen LogP contribution in [0.15, 0.2) is 42.9 Å². The minimum absolute atomic E-state index is 0.0434. The zero-order chi connectivity index (χ0) is 14.9. The van der Waals surface area contributed by atoms with Crippen molar-refractivity contribution in [2.75, 3.05) is 6.61 Å². The number of amides is 1. The molecule has 5 nitrogen and oxygen atoms in total. The summed E-state index contributed by atoms with van der Waals surface area (Å²) in [6.45, 7) is 1.85. The molecule has 1 atom stereocenters. The topological polar surface area (TPSA) is 67.2 Å². The highest BCUT2D eigenvalue weighted by molar-refractivity contribution is 5.94. The molecule has 1 saturated carbocycles. The molecule has 2 aromatic rings. The lowest BCUT2D eigenvalue weighted by Crippen LogP contribution is -2.50. The molecular weight excluding hydrogens is 266 g/mol. The van der Waals surface area contributed by atoms with Gasteiger partial charge < -0.3 is 15.0 Å². The summed E-state index contributed by atoms with van der Waals surface area (Å²) in [5, 5.41) is 12.5. The molecule has 5 heteroatoms. The van der Waals surface area contributed by atoms with Crippen LogP contribution in [0.5, 0.6) is 0 Å². The molecule has 3 rings (SSSR count). The summed E-state index contributed by atoms with van der Waals surface area (Å²) in [6, 6.07) is 7.40. The summed E-state index contributed by atoms with van der Waals surface area (Å²) >= 11 is 0. The summed E-state index contributed by atoms with van der Waals surface area (Å²) in [7, 11) is 0. The minimum Gasteiger partial charge on any atom is -0.394 e. The van der Waals surface area contributed by atoms with Crippen LogP contribution in [-0.2, 0) is 0 Å². The van der Waals surface area contributed by atoms with Gasteiger partial charge >= 0.3 is 0 Å². The number of hydrogen-bond donors (Lipinski definition) is 2. The molecule has 1 aliphatic carbocycles. The van der Waals surface area contributed by atoms with Crippen LogP contribution >= 0.6 is 0 Å². The lowest BCUT2D eigenvalue weighted by molar-refractivity contribution is 0.0824. The average molecular weight is 285 g/mol. The first kappa shape index (κ1) is 13.8. The maximum absolute atomic E-state index is 12.3. The fraction of sp³-hybridized carbons (Fsp3) is 0.375. The minimum atomic E-state index is -0.532. The van der Waals surface area contributed by atoms with Gasteiger partial charge in [-0.05, 0) is 49.9 Å². The highest BCUT2D eigenvalue weighted by Crippen LogP contribution is 2.39. The predicted octanol–water partition coefficient (Wildman–Crippen LogP) is 1.76. The molecule has 1 amide bonds. The van der Waals surface area contributed by atoms with Crippen molar-refractivity contribution < 1.29 is 9.90 Å². The number of aliphatic hydroxyl groups is 1. The van der Waals surface area contributed by atoms with Crippen molar-refractivity contribution in [3.05, 3.63) is 48.4 Å². The standard InChI is InChI=1S/C16H19N3O2/c1-16(11-20,13-5-6-13)18-15(21)12-4-7-14(17-10-12)19-8-2-3-9-19/h2-4,7-10,13,20H,5-6,11H2,1H3,(H,18,21). The summed E-state index contributed by atoms with van der Waals surface area (Å²) in [6.07, 6.45) is 7.48. The molecule has 0 aliphatic heterocycles. The van der Waals surface area contributed by atoms with Gasteiger partial charge in [0.1, 0.15) is 5.82 Å². The Balaban J connectivity index is 1.73. The first-order valence-electron chi connectivity index (χ1n) is 7.15. The fourth-order valence-corrected chi connectivity index (χ4v) is 2.48. The lowest BCUT2D eigenvalue weighted by Gasteiger charge is -2.28. The Hall–Kier alpha value is -2.14. The van der Waals surface area contributed by atoms with Crippen molar-refractivity contribution in [3.8, 4) is 5.82 Å². The van der Waals surface area contributed by atoms with Gasteiger partial charge in [-0.3, -0.25) is 4.79 Å². The Labute approximate surface area is 123 Å². The van der Waals surface area contributed by atoms with Gasteiger partial charge in [0.25, 0.3) is 5.91 Å². The number of nitrogens with one attached hydrogen (secondary N) is 1. The third kappa shape index (κ3) is 2.83. The van der Waals surface area contributed by atoms with Gasteiger partial charge in [-0.1, -0.05) is 0 Å². The first-order chi connectivity index (χ1) is 10.1. The van der Waals surface area contributed by atoms with Crippen LogP contribution < -0.4 is 5.32 Å². The van der Waals surface area contributed by atoms with E-state index in [0.29, 0.717) is 11.5 Å². The predicted molar refractivity (Wildman–Crippen MR) is 79.2 cm³/mol. The van der Waals surface area contributed by atoms with Gasteiger partial charge in [0, 0.05) is 18.6 Å². The summed E-state index contributed by atoms with van der Waals surface area (Å²) in [4.78, 5) is 16.6. The van der Waals surface area contributed by atoms with Crippen molar-refractivity contribution in [1.29, 1.82) is 0 Å². The van der Waals surface area contributed by atoms with Crippen LogP contribution in [0, 0.1) is 5.92 Å². The number of hydrogen-bond acceptors (Lipinski definition) is 3. The number of aromatic nitrogens is 2. The van der Waals surface area contributed by atoms with Crippen molar-refractivity contribution in [3.63, 3.8) is 0 Å². The van der Waals surface area contributed by atoms with Crippen LogP contribution in [0.2, 0.25) is 0 Å². The first-order valence-corrected chi connectivity index (χ1v) is 7.15. The third-order valence-corrected chi connectivity index (χ3v) is 4.08. The van der Waals surface area contributed by atoms with Crippen LogP contribution in [0.1, 0.15) is 30.1 Å². The molecule has 0 bridgehead atoms. The second-order valence-electron chi connectivity index (χ2n) is 5.80. The molecule has 2 heterocycles. The highest BCUT2D eigenvalue weighted by atomic mass is 16.3. The Morgan fingerprint density at radius 2 is 2.14 bits per heavy atom. The largest absolute Gasteiger partial charge is 0.394 e. The number of nitrogens with zero attached hydrogens (tertiary/aromatic N) is 2. The maximum atomic E-state index is 12.3. The summed E-state index contributed by atoms with van der Waals surface area (Å²) in [5.41, 5.74) is -0.0258. The van der Waals surface area contributed by atoms with E-state index in [4.69, 9.17) is 0 Å². The van der Waals surface area contributed by atoms with Crippen LogP contribution in [0.4, 0.5) is 0 Å². The molecule has 2 N–H and O–H groups in total. The molecule has 0 saturated heterocycles. The SMILES string of the molecule is CC(CO)(NC(=O)c1ccc(-n2cccc2)nc1)C1CC1. The number of aliphatic hydroxyl groups excluding tert-OH is 1. The zero-order valence-corrected chi connectivity index (χ0v) is 12.0. The van der Waals surface area contributed by atoms with Gasteiger partial charge in [0.2, 0.25) is 0 Å². The van der Waals surface area contributed by atoms with Gasteiger partial charge in [-0.15, -0.1) is 0 Å². The maximum Gasteiger partial charge on any atom is 0.253 e. The molecule has 0 radical (unpaired) electrons. The molecule has 2 aromatic heterocycles. The molecule has 1 fully saturated rings. The summed E-state index contributed by atoms with van der Waals surface area (Å²) < 4.78 is 1.88. The van der Waals surface area contributed by atoms with E-state index in [2.05, 4.69) is 10.3 Å². The van der Waals surface area contributed by atoms with E-state index in [-0.39, 0.29) is 12.5 Å². The lowest BCUT2D eigenvalue weighted by atomic mass is 9.96. The number of carbonyl (C=O) groups excluding carboxylic acids is 1. The molecule has 21 heavy (non-hydrogen) atoms. The Bertz CT molecular complexity index is 617. The summed E-state index contributed by atoms with van der Waals surface area (Å²) in [5.74, 6) is 0.951. The molecule has 1 unspecified atom stereocenters. The number of pyridine rings is 1. The van der Waals surface area contributed by atoms with E-state index in [1.165, 1.54) is 0 Å². The highest BCUT2D eigenvalue weighted by Gasteiger charge is 2.42. The molecule has 1 aliphatic rings. The quantitative estimate of drug-likeness (QED) is 0.879. The van der Waals surface area contributed by atoms with E-state index in [0.717, 1.165) is 18.7 Å². The van der Waals surface area contributed by atoms with E-state index in [1.54, 1.807) is 12.3 Å². The van der Waals surface area contributed by atoms with Crippen LogP contribution in [0.3, 0.4) is 0 Å². The Kier molecular flexibility index (Phi) is 3.51. The molecular formula is C16H19N3O2. The molecule has 110 valence electrons. The normalized spacial score (nSPS) is 17.2. The van der Waals surface area contributed by atoms with Crippen molar-refractivity contribution >= 4 is 5.91 Å². The van der Waals surface area contributed by atoms with Gasteiger partial charge in [-0.2, -0.15) is 0 Å². The van der Waals surface area contributed by atoms with E-state index in [9.17, 15) is 9.90 Å². The van der Waals surface area contributed by atoms with Gasteiger partial charge in [0.15, 0.2) is 0 Å². The zero-order valence-electron chi connectivity index (χ0n) is 12.0. The van der Waals surface area contributed by atoms with Crippen LogP contribution in [-0.4, -0.2) is 32.7 Å². The fourth-order valence-electron chi connectivity index (χ4n) is 2.48. The van der Waals surface area contributed by atoms with Crippen molar-refractivity contribution in [2.24, 2.45) is 5.92 Å². The van der Waals surface area contributed by atoms with Gasteiger partial charge in [-0.25, -0.2) is 4.98 Å². The van der Waals surface area contributed by atoms with Gasteiger partial charge in [0.05, 0.1) is 17.7 Å². The second-order valence-corrected chi connectivity index (χ2v) is 5.80. The van der Waals surface area contributed by atoms with Crippen molar-refractivity contribution in [1.82, 2.24) is 14.9 Å². The molecule has 0 spiro atoms. The van der Waals surface area contributed by atoms with E-state index < -0.39 is 5.54 Å². The second kappa shape index (κ2) is 5.33. The Morgan fingerprint density at radius 1 is 1.43 bits per heavy atom. The number of carbonyl (C=O) groups is 1. The Morgan fingerprint density at radius 3 is 2.67 bits per heavy atom.